The molecule has 1 aliphatic rings. The summed E-state index contributed by atoms with van der Waals surface area (Å²) in [5, 5.41) is 0. The average Bonchev–Trinajstić information content (AvgIpc) is 2.63. The van der Waals surface area contributed by atoms with E-state index in [1.54, 1.807) is 30.6 Å². The lowest BCUT2D eigenvalue weighted by molar-refractivity contribution is -0.139. The second-order valence-corrected chi connectivity index (χ2v) is 7.40. The smallest absolute Gasteiger partial charge is 0.421 e. The molecule has 170 valence electrons. The third-order valence-electron chi connectivity index (χ3n) is 3.94. The number of rotatable bonds is 4. The maximum atomic E-state index is 12.9. The van der Waals surface area contributed by atoms with Crippen LogP contribution in [0.3, 0.4) is 0 Å². The highest BCUT2D eigenvalue weighted by molar-refractivity contribution is 14.0. The Morgan fingerprint density at radius 1 is 1.20 bits per heavy atom. The molecule has 0 spiro atoms. The third kappa shape index (κ3) is 8.03. The van der Waals surface area contributed by atoms with Crippen molar-refractivity contribution in [3.63, 3.8) is 0 Å². The van der Waals surface area contributed by atoms with E-state index < -0.39 is 23.2 Å². The van der Waals surface area contributed by atoms with Crippen LogP contribution in [-0.4, -0.2) is 71.8 Å². The number of ether oxygens (including phenoxy) is 2. The van der Waals surface area contributed by atoms with Crippen molar-refractivity contribution < 1.29 is 27.4 Å². The zero-order valence-electron chi connectivity index (χ0n) is 17.1. The second-order valence-electron chi connectivity index (χ2n) is 7.40. The van der Waals surface area contributed by atoms with Crippen LogP contribution in [0.5, 0.6) is 5.88 Å². The third-order valence-corrected chi connectivity index (χ3v) is 3.94. The van der Waals surface area contributed by atoms with E-state index in [1.165, 1.54) is 12.3 Å². The molecule has 30 heavy (non-hydrogen) atoms. The molecule has 0 atom stereocenters. The molecule has 8 nitrogen and oxygen atoms in total. The van der Waals surface area contributed by atoms with E-state index in [-0.39, 0.29) is 49.2 Å². The molecule has 2 rings (SSSR count). The molecule has 0 radical (unpaired) electrons. The van der Waals surface area contributed by atoms with Crippen molar-refractivity contribution in [3.8, 4) is 5.88 Å². The van der Waals surface area contributed by atoms with Crippen LogP contribution in [0.2, 0.25) is 0 Å². The highest BCUT2D eigenvalue weighted by Crippen LogP contribution is 2.34. The van der Waals surface area contributed by atoms with Gasteiger partial charge < -0.3 is 25.0 Å². The van der Waals surface area contributed by atoms with Gasteiger partial charge in [0.1, 0.15) is 17.8 Å². The largest absolute Gasteiger partial charge is 0.475 e. The average molecular weight is 545 g/mol. The van der Waals surface area contributed by atoms with Gasteiger partial charge in [-0.1, -0.05) is 0 Å². The van der Waals surface area contributed by atoms with E-state index in [9.17, 15) is 18.0 Å². The molecule has 1 aliphatic heterocycles. The Bertz CT molecular complexity index is 733. The molecule has 0 bridgehead atoms. The van der Waals surface area contributed by atoms with E-state index in [0.717, 1.165) is 6.07 Å². The van der Waals surface area contributed by atoms with Crippen LogP contribution in [0.25, 0.3) is 0 Å². The first kappa shape index (κ1) is 26.0. The molecule has 1 fully saturated rings. The number of amides is 1. The molecule has 1 aromatic heterocycles. The summed E-state index contributed by atoms with van der Waals surface area (Å²) in [5.74, 6) is -0.241. The van der Waals surface area contributed by atoms with E-state index in [2.05, 4.69) is 9.98 Å². The van der Waals surface area contributed by atoms with Gasteiger partial charge in [-0.15, -0.1) is 24.0 Å². The zero-order valence-corrected chi connectivity index (χ0v) is 19.4. The number of alkyl halides is 3. The Balaban J connectivity index is 0.00000450. The number of piperazine rings is 1. The lowest BCUT2D eigenvalue weighted by atomic mass is 10.2. The zero-order chi connectivity index (χ0) is 21.7. The minimum absolute atomic E-state index is 0. The number of aromatic nitrogens is 1. The van der Waals surface area contributed by atoms with Gasteiger partial charge in [0.25, 0.3) is 0 Å². The molecule has 1 aromatic rings. The van der Waals surface area contributed by atoms with Crippen LogP contribution < -0.4 is 10.5 Å². The number of halogens is 4. The minimum atomic E-state index is -4.54. The molecule has 1 amide bonds. The number of aliphatic imine (C=N–C) groups is 1. The monoisotopic (exact) mass is 545 g/mol. The van der Waals surface area contributed by atoms with Gasteiger partial charge >= 0.3 is 12.3 Å². The van der Waals surface area contributed by atoms with Crippen LogP contribution in [0, 0.1) is 0 Å². The predicted molar refractivity (Wildman–Crippen MR) is 116 cm³/mol. The molecule has 0 unspecified atom stereocenters. The van der Waals surface area contributed by atoms with Crippen LogP contribution in [0.4, 0.5) is 18.0 Å². The Hall–Kier alpha value is -1.99. The number of hydrogen-bond donors (Lipinski definition) is 1. The standard InChI is InChI=1S/C18H26F3N5O3.HI/c1-17(2,3)29-16(27)26-10-8-25(9-11-26)15(22)24-7-12-28-14-13(18(19,20)21)5-4-6-23-14;/h4-6H,7-12H2,1-3H3,(H2,22,24);1H. The van der Waals surface area contributed by atoms with Crippen molar-refractivity contribution in [2.45, 2.75) is 32.5 Å². The van der Waals surface area contributed by atoms with Crippen LogP contribution in [0.1, 0.15) is 26.3 Å². The summed E-state index contributed by atoms with van der Waals surface area (Å²) in [7, 11) is 0. The summed E-state index contributed by atoms with van der Waals surface area (Å²) < 4.78 is 49.1. The van der Waals surface area contributed by atoms with Crippen molar-refractivity contribution in [2.24, 2.45) is 10.7 Å². The first-order valence-corrected chi connectivity index (χ1v) is 9.15. The van der Waals surface area contributed by atoms with Crippen molar-refractivity contribution in [2.75, 3.05) is 39.3 Å². The van der Waals surface area contributed by atoms with Gasteiger partial charge in [-0.2, -0.15) is 13.2 Å². The Kier molecular flexibility index (Phi) is 9.43. The van der Waals surface area contributed by atoms with Gasteiger partial charge in [-0.05, 0) is 32.9 Å². The topological polar surface area (TPSA) is 93.3 Å². The summed E-state index contributed by atoms with van der Waals surface area (Å²) in [6, 6.07) is 2.10. The number of hydrogen-bond acceptors (Lipinski definition) is 5. The van der Waals surface area contributed by atoms with Crippen molar-refractivity contribution >= 4 is 36.0 Å². The van der Waals surface area contributed by atoms with E-state index in [1.807, 2.05) is 0 Å². The van der Waals surface area contributed by atoms with E-state index in [0.29, 0.717) is 26.2 Å². The van der Waals surface area contributed by atoms with E-state index >= 15 is 0 Å². The lowest BCUT2D eigenvalue weighted by Crippen LogP contribution is -2.53. The Labute approximate surface area is 190 Å². The summed E-state index contributed by atoms with van der Waals surface area (Å²) in [5.41, 5.74) is 4.44. The number of pyridine rings is 1. The van der Waals surface area contributed by atoms with Crippen LogP contribution >= 0.6 is 24.0 Å². The molecule has 0 aromatic carbocycles. The molecular formula is C18H27F3IN5O3. The lowest BCUT2D eigenvalue weighted by Gasteiger charge is -2.36. The number of nitrogens with two attached hydrogens (primary N) is 1. The van der Waals surface area contributed by atoms with Gasteiger partial charge in [0, 0.05) is 32.4 Å². The molecule has 0 aliphatic carbocycles. The van der Waals surface area contributed by atoms with Gasteiger partial charge in [0.2, 0.25) is 5.88 Å². The predicted octanol–water partition coefficient (Wildman–Crippen LogP) is 2.96. The van der Waals surface area contributed by atoms with E-state index in [4.69, 9.17) is 15.2 Å². The summed E-state index contributed by atoms with van der Waals surface area (Å²) in [4.78, 5) is 23.2. The van der Waals surface area contributed by atoms with Gasteiger partial charge in [0.15, 0.2) is 5.96 Å². The Morgan fingerprint density at radius 3 is 2.37 bits per heavy atom. The van der Waals surface area contributed by atoms with Crippen LogP contribution in [0.15, 0.2) is 23.3 Å². The number of carbonyl (C=O) groups excluding carboxylic acids is 1. The van der Waals surface area contributed by atoms with Gasteiger partial charge in [-0.25, -0.2) is 14.8 Å². The van der Waals surface area contributed by atoms with Crippen molar-refractivity contribution in [1.82, 2.24) is 14.8 Å². The van der Waals surface area contributed by atoms with Crippen LogP contribution in [-0.2, 0) is 10.9 Å². The molecule has 1 saturated heterocycles. The summed E-state index contributed by atoms with van der Waals surface area (Å²) >= 11 is 0. The Morgan fingerprint density at radius 2 is 1.80 bits per heavy atom. The molecular weight excluding hydrogens is 518 g/mol. The van der Waals surface area contributed by atoms with Crippen molar-refractivity contribution in [1.29, 1.82) is 0 Å². The molecule has 0 saturated carbocycles. The van der Waals surface area contributed by atoms with Gasteiger partial charge in [-0.3, -0.25) is 0 Å². The normalized spacial score (nSPS) is 15.5. The summed E-state index contributed by atoms with van der Waals surface area (Å²) in [6.07, 6.45) is -3.69. The quantitative estimate of drug-likeness (QED) is 0.271. The van der Waals surface area contributed by atoms with Crippen molar-refractivity contribution in [3.05, 3.63) is 23.9 Å². The number of guanidine groups is 1. The fourth-order valence-electron chi connectivity index (χ4n) is 2.57. The fraction of sp³-hybridized carbons (Fsp3) is 0.611. The van der Waals surface area contributed by atoms with Gasteiger partial charge in [0.05, 0.1) is 6.54 Å². The minimum Gasteiger partial charge on any atom is -0.475 e. The maximum Gasteiger partial charge on any atom is 0.421 e. The fourth-order valence-corrected chi connectivity index (χ4v) is 2.57. The SMILES string of the molecule is CC(C)(C)OC(=O)N1CCN(C(N)=NCCOc2ncccc2C(F)(F)F)CC1.I. The molecule has 2 heterocycles. The highest BCUT2D eigenvalue weighted by Gasteiger charge is 2.35. The summed E-state index contributed by atoms with van der Waals surface area (Å²) in [6.45, 7) is 7.21. The first-order valence-electron chi connectivity index (χ1n) is 9.15. The highest BCUT2D eigenvalue weighted by atomic mass is 127. The maximum absolute atomic E-state index is 12.9. The molecule has 12 heteroatoms. The number of carbonyl (C=O) groups is 1. The molecule has 2 N–H and O–H groups in total. The number of nitrogens with zero attached hydrogens (tertiary/aromatic N) is 4. The first-order chi connectivity index (χ1) is 13.5. The second kappa shape index (κ2) is 10.9.